The molecule has 0 aliphatic carbocycles. The first-order valence-corrected chi connectivity index (χ1v) is 14.1. The molecule has 37 heavy (non-hydrogen) atoms. The summed E-state index contributed by atoms with van der Waals surface area (Å²) in [4.78, 5) is 34.0. The Labute approximate surface area is 227 Å². The van der Waals surface area contributed by atoms with Crippen molar-refractivity contribution in [3.8, 4) is 0 Å². The van der Waals surface area contributed by atoms with Gasteiger partial charge >= 0.3 is 0 Å². The maximum Gasteiger partial charge on any atom is 0.267 e. The lowest BCUT2D eigenvalue weighted by Gasteiger charge is -2.46. The molecule has 2 N–H and O–H groups in total. The smallest absolute Gasteiger partial charge is 0.267 e. The fraction of sp³-hybridized carbons (Fsp3) is 0.556. The molecule has 0 aromatic carbocycles. The molecule has 1 amide bonds. The molecule has 0 bridgehead atoms. The van der Waals surface area contributed by atoms with Crippen molar-refractivity contribution in [3.63, 3.8) is 0 Å². The Morgan fingerprint density at radius 3 is 2.65 bits per heavy atom. The van der Waals surface area contributed by atoms with Crippen LogP contribution in [-0.4, -0.2) is 60.9 Å². The molecule has 5 rings (SSSR count). The molecule has 2 aromatic rings. The third kappa shape index (κ3) is 5.62. The molecule has 10 heteroatoms. The molecular weight excluding hydrogens is 506 g/mol. The number of aromatic nitrogens is 2. The number of carbonyl (C=O) groups is 1. The van der Waals surface area contributed by atoms with Crippen molar-refractivity contribution >= 4 is 51.7 Å². The number of nitrogens with one attached hydrogen (secondary N) is 2. The van der Waals surface area contributed by atoms with Crippen molar-refractivity contribution < 1.29 is 9.53 Å². The molecule has 3 fully saturated rings. The molecule has 3 aliphatic rings. The maximum atomic E-state index is 13.8. The molecule has 0 spiro atoms. The number of carbonyl (C=O) groups excluding carboxylic acids is 1. The second kappa shape index (κ2) is 9.80. The van der Waals surface area contributed by atoms with Crippen LogP contribution >= 0.6 is 24.0 Å². The number of rotatable bonds is 5. The van der Waals surface area contributed by atoms with E-state index < -0.39 is 0 Å². The van der Waals surface area contributed by atoms with E-state index in [4.69, 9.17) is 21.9 Å². The molecule has 5 heterocycles. The molecule has 1 atom stereocenters. The van der Waals surface area contributed by atoms with Gasteiger partial charge in [-0.3, -0.25) is 18.9 Å². The van der Waals surface area contributed by atoms with Crippen LogP contribution in [0.4, 0.5) is 5.82 Å². The van der Waals surface area contributed by atoms with Crippen molar-refractivity contribution in [1.82, 2.24) is 19.6 Å². The Hall–Kier alpha value is -2.27. The SMILES string of the molecule is Cc1ccc2nc(NC3CC(C)(C)NC(C)(C)C3)c(/C=C3/SC(=S)N(CC4CCCO4)C3=O)c(=O)n2c1. The molecule has 0 radical (unpaired) electrons. The first kappa shape index (κ1) is 26.3. The van der Waals surface area contributed by atoms with Crippen molar-refractivity contribution in [2.24, 2.45) is 0 Å². The Bertz CT molecular complexity index is 1330. The Morgan fingerprint density at radius 1 is 1.24 bits per heavy atom. The van der Waals surface area contributed by atoms with E-state index in [9.17, 15) is 9.59 Å². The number of thioether (sulfide) groups is 1. The summed E-state index contributed by atoms with van der Waals surface area (Å²) >= 11 is 6.77. The second-order valence-corrected chi connectivity index (χ2v) is 13.4. The van der Waals surface area contributed by atoms with Gasteiger partial charge in [-0.1, -0.05) is 30.0 Å². The average Bonchev–Trinajstić information content (AvgIpc) is 3.39. The van der Waals surface area contributed by atoms with Crippen molar-refractivity contribution in [2.75, 3.05) is 18.5 Å². The van der Waals surface area contributed by atoms with Crippen molar-refractivity contribution in [2.45, 2.75) is 83.5 Å². The van der Waals surface area contributed by atoms with E-state index in [2.05, 4.69) is 38.3 Å². The maximum absolute atomic E-state index is 13.8. The standard InChI is InChI=1S/C27H35N5O3S2/c1-16-8-9-21-29-22(28-17-12-26(2,3)30-27(4,5)13-17)19(23(33)31(21)14-16)11-20-24(34)32(25(36)37-20)15-18-7-6-10-35-18/h8-9,11,14,17-18,28,30H,6-7,10,12-13,15H2,1-5H3/b20-11+. The molecular formula is C27H35N5O3S2. The normalized spacial score (nSPS) is 24.9. The Balaban J connectivity index is 1.54. The van der Waals surface area contributed by atoms with Crippen LogP contribution in [0.5, 0.6) is 0 Å². The highest BCUT2D eigenvalue weighted by Crippen LogP contribution is 2.35. The molecule has 3 saturated heterocycles. The monoisotopic (exact) mass is 541 g/mol. The first-order chi connectivity index (χ1) is 17.4. The quantitative estimate of drug-likeness (QED) is 0.432. The third-order valence-electron chi connectivity index (χ3n) is 7.10. The van der Waals surface area contributed by atoms with Gasteiger partial charge in [-0.2, -0.15) is 0 Å². The van der Waals surface area contributed by atoms with E-state index in [0.717, 1.165) is 31.2 Å². The number of pyridine rings is 1. The summed E-state index contributed by atoms with van der Waals surface area (Å²) in [6.07, 6.45) is 7.10. The zero-order valence-corrected chi connectivity index (χ0v) is 23.7. The van der Waals surface area contributed by atoms with E-state index in [1.807, 2.05) is 19.1 Å². The summed E-state index contributed by atoms with van der Waals surface area (Å²) in [6.45, 7) is 11.9. The van der Waals surface area contributed by atoms with Gasteiger partial charge in [0.15, 0.2) is 0 Å². The topological polar surface area (TPSA) is 88.0 Å². The summed E-state index contributed by atoms with van der Waals surface area (Å²) in [5.41, 5.74) is 1.52. The zero-order chi connectivity index (χ0) is 26.5. The molecule has 198 valence electrons. The van der Waals surface area contributed by atoms with Crippen LogP contribution in [0.1, 0.15) is 64.5 Å². The van der Waals surface area contributed by atoms with Gasteiger partial charge in [-0.15, -0.1) is 0 Å². The van der Waals surface area contributed by atoms with Gasteiger partial charge in [-0.05, 0) is 78.0 Å². The number of hydrogen-bond acceptors (Lipinski definition) is 8. The van der Waals surface area contributed by atoms with Crippen LogP contribution in [0.25, 0.3) is 11.7 Å². The number of aryl methyl sites for hydroxylation is 1. The number of ether oxygens (including phenoxy) is 1. The second-order valence-electron chi connectivity index (χ2n) is 11.7. The fourth-order valence-electron chi connectivity index (χ4n) is 5.90. The zero-order valence-electron chi connectivity index (χ0n) is 22.1. The summed E-state index contributed by atoms with van der Waals surface area (Å²) in [7, 11) is 0. The highest BCUT2D eigenvalue weighted by atomic mass is 32.2. The fourth-order valence-corrected chi connectivity index (χ4v) is 7.15. The number of hydrogen-bond donors (Lipinski definition) is 2. The van der Waals surface area contributed by atoms with E-state index >= 15 is 0 Å². The van der Waals surface area contributed by atoms with Crippen LogP contribution in [0.2, 0.25) is 0 Å². The number of piperidine rings is 1. The lowest BCUT2D eigenvalue weighted by Crippen LogP contribution is -2.60. The summed E-state index contributed by atoms with van der Waals surface area (Å²) in [5, 5.41) is 7.28. The predicted molar refractivity (Wildman–Crippen MR) is 153 cm³/mol. The average molecular weight is 542 g/mol. The minimum atomic E-state index is -0.215. The number of thiocarbonyl (C=S) groups is 1. The highest BCUT2D eigenvalue weighted by Gasteiger charge is 2.39. The number of anilines is 1. The Kier molecular flexibility index (Phi) is 6.97. The summed E-state index contributed by atoms with van der Waals surface area (Å²) in [6, 6.07) is 3.90. The van der Waals surface area contributed by atoms with E-state index in [0.29, 0.717) is 39.4 Å². The van der Waals surface area contributed by atoms with Gasteiger partial charge in [0.1, 0.15) is 15.8 Å². The van der Waals surface area contributed by atoms with Crippen LogP contribution in [0.3, 0.4) is 0 Å². The lowest BCUT2D eigenvalue weighted by molar-refractivity contribution is -0.123. The minimum absolute atomic E-state index is 0.00151. The van der Waals surface area contributed by atoms with Gasteiger partial charge in [0, 0.05) is 29.9 Å². The van der Waals surface area contributed by atoms with E-state index in [1.54, 1.807) is 21.6 Å². The molecule has 2 aromatic heterocycles. The molecule has 0 saturated carbocycles. The van der Waals surface area contributed by atoms with Crippen LogP contribution < -0.4 is 16.2 Å². The molecule has 8 nitrogen and oxygen atoms in total. The third-order valence-corrected chi connectivity index (χ3v) is 8.47. The van der Waals surface area contributed by atoms with Crippen molar-refractivity contribution in [3.05, 3.63) is 44.7 Å². The van der Waals surface area contributed by atoms with Gasteiger partial charge in [-0.25, -0.2) is 4.98 Å². The Morgan fingerprint density at radius 2 is 1.97 bits per heavy atom. The molecule has 1 unspecified atom stereocenters. The van der Waals surface area contributed by atoms with Gasteiger partial charge in [0.25, 0.3) is 11.5 Å². The van der Waals surface area contributed by atoms with E-state index in [1.165, 1.54) is 11.8 Å². The van der Waals surface area contributed by atoms with Gasteiger partial charge in [0.2, 0.25) is 0 Å². The lowest BCUT2D eigenvalue weighted by atomic mass is 9.79. The largest absolute Gasteiger partial charge is 0.376 e. The number of fused-ring (bicyclic) bond motifs is 1. The van der Waals surface area contributed by atoms with Crippen LogP contribution in [-0.2, 0) is 9.53 Å². The van der Waals surface area contributed by atoms with Gasteiger partial charge < -0.3 is 15.4 Å². The van der Waals surface area contributed by atoms with Gasteiger partial charge in [0.05, 0.1) is 23.1 Å². The summed E-state index contributed by atoms with van der Waals surface area (Å²) < 4.78 is 7.76. The van der Waals surface area contributed by atoms with Crippen LogP contribution in [0, 0.1) is 6.92 Å². The minimum Gasteiger partial charge on any atom is -0.376 e. The number of nitrogens with zero attached hydrogens (tertiary/aromatic N) is 3. The summed E-state index contributed by atoms with van der Waals surface area (Å²) in [5.74, 6) is 0.311. The van der Waals surface area contributed by atoms with E-state index in [-0.39, 0.29) is 34.7 Å². The first-order valence-electron chi connectivity index (χ1n) is 12.9. The number of amides is 1. The van der Waals surface area contributed by atoms with Crippen LogP contribution in [0.15, 0.2) is 28.0 Å². The van der Waals surface area contributed by atoms with Crippen molar-refractivity contribution in [1.29, 1.82) is 0 Å². The predicted octanol–water partition coefficient (Wildman–Crippen LogP) is 4.10. The highest BCUT2D eigenvalue weighted by molar-refractivity contribution is 8.26. The molecule has 3 aliphatic heterocycles.